The summed E-state index contributed by atoms with van der Waals surface area (Å²) >= 11 is 3.74. The molecule has 10 nitrogen and oxygen atoms in total. The quantitative estimate of drug-likeness (QED) is 0.150. The van der Waals surface area contributed by atoms with Crippen LogP contribution in [0.5, 0.6) is 0 Å². The third kappa shape index (κ3) is 6.92. The number of benzene rings is 2. The van der Waals surface area contributed by atoms with E-state index in [2.05, 4.69) is 34.4 Å². The molecule has 3 saturated heterocycles. The number of hydrogen-bond acceptors (Lipinski definition) is 7. The summed E-state index contributed by atoms with van der Waals surface area (Å²) in [6.45, 7) is 15.1. The number of aryl methyl sites for hydroxylation is 2. The molecule has 3 heterocycles. The Morgan fingerprint density at radius 2 is 1.88 bits per heavy atom. The Hall–Kier alpha value is -3.80. The van der Waals surface area contributed by atoms with Gasteiger partial charge in [-0.25, -0.2) is 0 Å². The fraction of sp³-hybridized carbons (Fsp3) is 0.487. The molecule has 50 heavy (non-hydrogen) atoms. The number of esters is 1. The van der Waals surface area contributed by atoms with Crippen molar-refractivity contribution in [3.63, 3.8) is 0 Å². The van der Waals surface area contributed by atoms with Gasteiger partial charge < -0.3 is 29.7 Å². The smallest absolute Gasteiger partial charge is 0.313 e. The molecular formula is C39H48BrN3O7. The third-order valence-corrected chi connectivity index (χ3v) is 11.1. The number of aliphatic hydroxyl groups excluding tert-OH is 1. The molecule has 11 heteroatoms. The molecule has 0 radical (unpaired) electrons. The summed E-state index contributed by atoms with van der Waals surface area (Å²) in [6.07, 6.45) is 2.79. The lowest BCUT2D eigenvalue weighted by atomic mass is 9.70. The third-order valence-electron chi connectivity index (χ3n) is 10.3. The molecule has 2 N–H and O–H groups in total. The average Bonchev–Trinajstić information content (AvgIpc) is 3.69. The van der Waals surface area contributed by atoms with Crippen LogP contribution in [0.25, 0.3) is 0 Å². The number of hydrogen-bond donors (Lipinski definition) is 2. The summed E-state index contributed by atoms with van der Waals surface area (Å²) in [4.78, 5) is 59.5. The number of ether oxygens (including phenoxy) is 2. The predicted molar refractivity (Wildman–Crippen MR) is 194 cm³/mol. The minimum absolute atomic E-state index is 0.0327. The average molecular weight is 751 g/mol. The molecule has 0 saturated carbocycles. The highest BCUT2D eigenvalue weighted by molar-refractivity contribution is 9.09. The molecule has 3 amide bonds. The van der Waals surface area contributed by atoms with Gasteiger partial charge in [0.25, 0.3) is 5.91 Å². The molecule has 0 aliphatic carbocycles. The molecule has 2 aromatic carbocycles. The summed E-state index contributed by atoms with van der Waals surface area (Å²) in [7, 11) is 0. The van der Waals surface area contributed by atoms with Crippen molar-refractivity contribution in [2.75, 3.05) is 24.6 Å². The van der Waals surface area contributed by atoms with Crippen LogP contribution in [-0.2, 0) is 28.7 Å². The minimum Gasteiger partial charge on any atom is -0.455 e. The summed E-state index contributed by atoms with van der Waals surface area (Å²) in [5.74, 6) is -3.92. The topological polar surface area (TPSA) is 125 Å². The number of rotatable bonds is 15. The second kappa shape index (κ2) is 15.6. The molecule has 8 atom stereocenters. The monoisotopic (exact) mass is 749 g/mol. The van der Waals surface area contributed by atoms with Gasteiger partial charge in [0.05, 0.1) is 37.1 Å². The standard InChI is InChI=1S/C39H48BrN3O7/c1-7-9-15-31(45)41-21-30(26-13-11-10-12-14-26)49-38(48)32-33-36(46)43(29(22-44)23(3)4)35(39(33)20-27(40)34(32)50-39)37(47)42(18-8-2)28-19-24(5)16-17-25(28)6/h7-8,10-14,16-17,19,23,27,29-30,32-35,44H,1-2,9,15,18,20-22H2,3-6H3,(H,41,45)/t27?,29-,30+,32-,33+,34-,35-,39+/m0/s1. The number of fused-ring (bicyclic) bond motifs is 1. The van der Waals surface area contributed by atoms with E-state index in [1.54, 1.807) is 17.1 Å². The zero-order valence-corrected chi connectivity index (χ0v) is 30.8. The number of amides is 3. The number of nitrogens with one attached hydrogen (secondary N) is 1. The van der Waals surface area contributed by atoms with Crippen molar-refractivity contribution >= 4 is 45.3 Å². The van der Waals surface area contributed by atoms with Gasteiger partial charge in [-0.05, 0) is 55.4 Å². The number of alkyl halides is 1. The van der Waals surface area contributed by atoms with Gasteiger partial charge in [-0.3, -0.25) is 19.2 Å². The molecule has 1 spiro atoms. The van der Waals surface area contributed by atoms with Crippen LogP contribution in [0, 0.1) is 31.6 Å². The van der Waals surface area contributed by atoms with Crippen LogP contribution in [0.15, 0.2) is 73.8 Å². The van der Waals surface area contributed by atoms with Crippen LogP contribution in [0.3, 0.4) is 0 Å². The highest BCUT2D eigenvalue weighted by Crippen LogP contribution is 2.61. The fourth-order valence-electron chi connectivity index (χ4n) is 7.83. The number of aliphatic hydroxyl groups is 1. The van der Waals surface area contributed by atoms with Gasteiger partial charge >= 0.3 is 5.97 Å². The zero-order chi connectivity index (χ0) is 36.3. The van der Waals surface area contributed by atoms with Gasteiger partial charge in [0.15, 0.2) is 0 Å². The first-order valence-corrected chi connectivity index (χ1v) is 18.2. The minimum atomic E-state index is -1.36. The SMILES string of the molecule is C=CCCC(=O)NC[C@@H](OC(=O)[C@@H]1[C@H]2O[C@@]3(CC2Br)[C@H](C(=O)N(CC=C)c2cc(C)ccc2C)N([C@@H](CO)C(C)C)C(=O)[C@@H]13)c1ccccc1. The molecular weight excluding hydrogens is 702 g/mol. The van der Waals surface area contributed by atoms with Crippen molar-refractivity contribution in [2.45, 2.75) is 81.7 Å². The van der Waals surface area contributed by atoms with Gasteiger partial charge in [-0.15, -0.1) is 13.2 Å². The maximum absolute atomic E-state index is 15.0. The molecule has 1 unspecified atom stereocenters. The summed E-state index contributed by atoms with van der Waals surface area (Å²) in [5.41, 5.74) is 1.84. The van der Waals surface area contributed by atoms with Crippen molar-refractivity contribution in [3.05, 3.63) is 90.5 Å². The van der Waals surface area contributed by atoms with Crippen LogP contribution in [0.4, 0.5) is 5.69 Å². The predicted octanol–water partition coefficient (Wildman–Crippen LogP) is 4.95. The van der Waals surface area contributed by atoms with E-state index < -0.39 is 53.6 Å². The number of carbonyl (C=O) groups is 4. The molecule has 5 rings (SSSR count). The first-order valence-electron chi connectivity index (χ1n) is 17.3. The van der Waals surface area contributed by atoms with Gasteiger partial charge in [0.1, 0.15) is 17.7 Å². The maximum Gasteiger partial charge on any atom is 0.313 e. The van der Waals surface area contributed by atoms with Crippen molar-refractivity contribution < 1.29 is 33.8 Å². The Balaban J connectivity index is 1.54. The number of nitrogens with zero attached hydrogens (tertiary/aromatic N) is 2. The van der Waals surface area contributed by atoms with Gasteiger partial charge in [0.2, 0.25) is 11.8 Å². The Kier molecular flexibility index (Phi) is 11.7. The Morgan fingerprint density at radius 3 is 2.52 bits per heavy atom. The van der Waals surface area contributed by atoms with E-state index in [1.165, 1.54) is 4.90 Å². The van der Waals surface area contributed by atoms with Crippen molar-refractivity contribution in [2.24, 2.45) is 17.8 Å². The zero-order valence-electron chi connectivity index (χ0n) is 29.2. The molecule has 3 fully saturated rings. The molecule has 3 aliphatic rings. The highest BCUT2D eigenvalue weighted by atomic mass is 79.9. The lowest BCUT2D eigenvalue weighted by Gasteiger charge is -2.40. The fourth-order valence-corrected chi connectivity index (χ4v) is 8.77. The number of likely N-dealkylation sites (tertiary alicyclic amines) is 1. The summed E-state index contributed by atoms with van der Waals surface area (Å²) < 4.78 is 12.9. The largest absolute Gasteiger partial charge is 0.455 e. The van der Waals surface area contributed by atoms with Crippen molar-refractivity contribution in [3.8, 4) is 0 Å². The lowest BCUT2D eigenvalue weighted by molar-refractivity contribution is -0.161. The Morgan fingerprint density at radius 1 is 1.16 bits per heavy atom. The van der Waals surface area contributed by atoms with E-state index in [0.29, 0.717) is 24.1 Å². The first-order chi connectivity index (χ1) is 23.9. The molecule has 2 bridgehead atoms. The molecule has 268 valence electrons. The second-order valence-electron chi connectivity index (χ2n) is 13.9. The van der Waals surface area contributed by atoms with E-state index in [0.717, 1.165) is 11.1 Å². The summed E-state index contributed by atoms with van der Waals surface area (Å²) in [5, 5.41) is 13.5. The molecule has 2 aromatic rings. The normalized spacial score (nSPS) is 26.3. The van der Waals surface area contributed by atoms with E-state index in [1.807, 2.05) is 76.2 Å². The van der Waals surface area contributed by atoms with Gasteiger partial charge in [-0.2, -0.15) is 0 Å². The van der Waals surface area contributed by atoms with Gasteiger partial charge in [0, 0.05) is 23.5 Å². The number of anilines is 1. The van der Waals surface area contributed by atoms with Crippen LogP contribution >= 0.6 is 15.9 Å². The Bertz CT molecular complexity index is 1620. The van der Waals surface area contributed by atoms with Crippen molar-refractivity contribution in [1.82, 2.24) is 10.2 Å². The van der Waals surface area contributed by atoms with E-state index in [9.17, 15) is 19.5 Å². The Labute approximate surface area is 303 Å². The van der Waals surface area contributed by atoms with Crippen LogP contribution < -0.4 is 10.2 Å². The summed E-state index contributed by atoms with van der Waals surface area (Å²) in [6, 6.07) is 13.1. The second-order valence-corrected chi connectivity index (χ2v) is 15.1. The first kappa shape index (κ1) is 37.5. The van der Waals surface area contributed by atoms with Crippen LogP contribution in [0.1, 0.15) is 55.9 Å². The van der Waals surface area contributed by atoms with Crippen LogP contribution in [-0.4, -0.2) is 82.0 Å². The van der Waals surface area contributed by atoms with E-state index in [4.69, 9.17) is 9.47 Å². The number of allylic oxidation sites excluding steroid dienone is 1. The maximum atomic E-state index is 15.0. The van der Waals surface area contributed by atoms with E-state index in [-0.39, 0.29) is 48.7 Å². The highest BCUT2D eigenvalue weighted by Gasteiger charge is 2.77. The molecule has 3 aliphatic heterocycles. The number of carbonyl (C=O) groups excluding carboxylic acids is 4. The van der Waals surface area contributed by atoms with Crippen LogP contribution in [0.2, 0.25) is 0 Å². The lowest BCUT2D eigenvalue weighted by Crippen LogP contribution is -2.60. The van der Waals surface area contributed by atoms with Crippen molar-refractivity contribution in [1.29, 1.82) is 0 Å². The molecule has 0 aromatic heterocycles. The van der Waals surface area contributed by atoms with E-state index >= 15 is 4.79 Å². The van der Waals surface area contributed by atoms with Gasteiger partial charge in [-0.1, -0.05) is 84.4 Å². The number of halogens is 1.